The largest absolute Gasteiger partial charge is 0.493 e. The van der Waals surface area contributed by atoms with Gasteiger partial charge in [0.05, 0.1) is 13.0 Å². The number of carbonyl (C=O) groups excluding carboxylic acids is 2. The Morgan fingerprint density at radius 3 is 2.43 bits per heavy atom. The van der Waals surface area contributed by atoms with E-state index in [1.54, 1.807) is 0 Å². The van der Waals surface area contributed by atoms with Gasteiger partial charge in [0.25, 0.3) is 0 Å². The van der Waals surface area contributed by atoms with Gasteiger partial charge in [-0.1, -0.05) is 25.1 Å². The summed E-state index contributed by atoms with van der Waals surface area (Å²) in [6.45, 7) is 6.03. The van der Waals surface area contributed by atoms with E-state index in [1.165, 1.54) is 0 Å². The predicted molar refractivity (Wildman–Crippen MR) is 111 cm³/mol. The highest BCUT2D eigenvalue weighted by atomic mass is 35.5. The predicted octanol–water partition coefficient (Wildman–Crippen LogP) is 2.31. The summed E-state index contributed by atoms with van der Waals surface area (Å²) in [6.07, 6.45) is 2.85. The van der Waals surface area contributed by atoms with E-state index in [1.807, 2.05) is 40.1 Å². The maximum Gasteiger partial charge on any atom is 0.225 e. The van der Waals surface area contributed by atoms with Crippen LogP contribution >= 0.6 is 12.4 Å². The van der Waals surface area contributed by atoms with Crippen molar-refractivity contribution in [3.8, 4) is 5.75 Å². The Morgan fingerprint density at radius 2 is 1.82 bits per heavy atom. The lowest BCUT2D eigenvalue weighted by molar-refractivity contribution is -0.140. The molecule has 2 aliphatic heterocycles. The van der Waals surface area contributed by atoms with Crippen molar-refractivity contribution < 1.29 is 14.3 Å². The Balaban J connectivity index is 0.00000280. The number of hydrogen-bond donors (Lipinski definition) is 1. The zero-order chi connectivity index (χ0) is 19.3. The van der Waals surface area contributed by atoms with Gasteiger partial charge in [-0.3, -0.25) is 9.59 Å². The summed E-state index contributed by atoms with van der Waals surface area (Å²) in [5.41, 5.74) is 5.91. The summed E-state index contributed by atoms with van der Waals surface area (Å²) in [7, 11) is 0. The fourth-order valence-corrected chi connectivity index (χ4v) is 3.94. The van der Waals surface area contributed by atoms with Crippen molar-refractivity contribution in [2.75, 3.05) is 39.3 Å². The van der Waals surface area contributed by atoms with Gasteiger partial charge in [0.1, 0.15) is 5.75 Å². The number of hydrogen-bond acceptors (Lipinski definition) is 4. The minimum absolute atomic E-state index is 0. The van der Waals surface area contributed by atoms with Crippen LogP contribution in [-0.2, 0) is 9.59 Å². The molecule has 1 aromatic carbocycles. The van der Waals surface area contributed by atoms with Crippen LogP contribution in [0.4, 0.5) is 0 Å². The number of amides is 2. The third-order valence-corrected chi connectivity index (χ3v) is 5.89. The molecule has 1 aromatic rings. The lowest BCUT2D eigenvalue weighted by atomic mass is 9.90. The molecular weight excluding hydrogens is 378 g/mol. The molecule has 28 heavy (non-hydrogen) atoms. The number of piperidine rings is 1. The number of likely N-dealkylation sites (tertiary alicyclic amines) is 2. The number of halogens is 1. The Kier molecular flexibility index (Phi) is 8.13. The lowest BCUT2D eigenvalue weighted by Crippen LogP contribution is -2.44. The molecule has 156 valence electrons. The average Bonchev–Trinajstić information content (AvgIpc) is 3.11. The molecule has 1 unspecified atom stereocenters. The molecule has 2 aliphatic rings. The van der Waals surface area contributed by atoms with E-state index in [-0.39, 0.29) is 35.6 Å². The summed E-state index contributed by atoms with van der Waals surface area (Å²) in [5, 5.41) is 0. The van der Waals surface area contributed by atoms with Crippen LogP contribution in [0.2, 0.25) is 0 Å². The minimum atomic E-state index is 0. The lowest BCUT2D eigenvalue weighted by Gasteiger charge is -2.33. The van der Waals surface area contributed by atoms with Crippen LogP contribution in [0.1, 0.15) is 32.6 Å². The molecule has 1 atom stereocenters. The summed E-state index contributed by atoms with van der Waals surface area (Å²) in [5.74, 6) is 1.17. The SMILES string of the molecule is CC1(CN)CCN(C(=O)C2CCN(C(=O)CCOc3ccccc3)CC2)C1.Cl. The highest BCUT2D eigenvalue weighted by Gasteiger charge is 2.38. The molecule has 6 nitrogen and oxygen atoms in total. The van der Waals surface area contributed by atoms with Crippen molar-refractivity contribution in [2.24, 2.45) is 17.1 Å². The maximum atomic E-state index is 12.8. The minimum Gasteiger partial charge on any atom is -0.493 e. The van der Waals surface area contributed by atoms with Crippen molar-refractivity contribution >= 4 is 24.2 Å². The zero-order valence-corrected chi connectivity index (χ0v) is 17.5. The smallest absolute Gasteiger partial charge is 0.225 e. The first-order chi connectivity index (χ1) is 13.0. The van der Waals surface area contributed by atoms with Crippen LogP contribution in [0.25, 0.3) is 0 Å². The second kappa shape index (κ2) is 10.1. The molecular formula is C21H32ClN3O3. The molecule has 0 aromatic heterocycles. The van der Waals surface area contributed by atoms with Gasteiger partial charge in [-0.2, -0.15) is 0 Å². The van der Waals surface area contributed by atoms with Crippen molar-refractivity contribution in [1.82, 2.24) is 9.80 Å². The van der Waals surface area contributed by atoms with Crippen LogP contribution in [0, 0.1) is 11.3 Å². The van der Waals surface area contributed by atoms with E-state index in [2.05, 4.69) is 6.92 Å². The number of para-hydroxylation sites is 1. The van der Waals surface area contributed by atoms with Gasteiger partial charge in [-0.15, -0.1) is 12.4 Å². The van der Waals surface area contributed by atoms with Crippen LogP contribution in [0.15, 0.2) is 30.3 Å². The van der Waals surface area contributed by atoms with Gasteiger partial charge in [-0.25, -0.2) is 0 Å². The molecule has 0 bridgehead atoms. The molecule has 3 rings (SSSR count). The third kappa shape index (κ3) is 5.61. The van der Waals surface area contributed by atoms with Gasteiger partial charge in [-0.05, 0) is 43.4 Å². The van der Waals surface area contributed by atoms with E-state index in [0.717, 1.165) is 38.1 Å². The molecule has 0 saturated carbocycles. The quantitative estimate of drug-likeness (QED) is 0.782. The van der Waals surface area contributed by atoms with Crippen LogP contribution < -0.4 is 10.5 Å². The molecule has 0 radical (unpaired) electrons. The fraction of sp³-hybridized carbons (Fsp3) is 0.619. The van der Waals surface area contributed by atoms with Gasteiger partial charge in [0.2, 0.25) is 11.8 Å². The number of ether oxygens (including phenoxy) is 1. The fourth-order valence-electron chi connectivity index (χ4n) is 3.94. The molecule has 0 spiro atoms. The summed E-state index contributed by atoms with van der Waals surface area (Å²) in [6, 6.07) is 9.53. The molecule has 2 heterocycles. The van der Waals surface area contributed by atoms with Crippen molar-refractivity contribution in [3.05, 3.63) is 30.3 Å². The molecule has 0 aliphatic carbocycles. The Morgan fingerprint density at radius 1 is 1.14 bits per heavy atom. The molecule has 7 heteroatoms. The number of rotatable bonds is 6. The Labute approximate surface area is 173 Å². The highest BCUT2D eigenvalue weighted by Crippen LogP contribution is 2.31. The maximum absolute atomic E-state index is 12.8. The molecule has 2 amide bonds. The van der Waals surface area contributed by atoms with Crippen LogP contribution in [0.3, 0.4) is 0 Å². The topological polar surface area (TPSA) is 75.9 Å². The van der Waals surface area contributed by atoms with Crippen molar-refractivity contribution in [1.29, 1.82) is 0 Å². The van der Waals surface area contributed by atoms with E-state index in [4.69, 9.17) is 10.5 Å². The standard InChI is InChI=1S/C21H31N3O3.ClH/c1-21(15-22)10-13-24(16-21)20(26)17-7-11-23(12-8-17)19(25)9-14-27-18-5-3-2-4-6-18;/h2-6,17H,7-16,22H2,1H3;1H. The molecule has 2 saturated heterocycles. The molecule has 2 fully saturated rings. The van der Waals surface area contributed by atoms with Gasteiger partial charge in [0, 0.05) is 32.1 Å². The Bertz CT molecular complexity index is 650. The van der Waals surface area contributed by atoms with Crippen molar-refractivity contribution in [2.45, 2.75) is 32.6 Å². The highest BCUT2D eigenvalue weighted by molar-refractivity contribution is 5.85. The first-order valence-corrected chi connectivity index (χ1v) is 9.95. The third-order valence-electron chi connectivity index (χ3n) is 5.89. The van der Waals surface area contributed by atoms with Gasteiger partial charge < -0.3 is 20.3 Å². The van der Waals surface area contributed by atoms with E-state index >= 15 is 0 Å². The van der Waals surface area contributed by atoms with E-state index < -0.39 is 0 Å². The number of nitrogens with two attached hydrogens (primary N) is 1. The number of nitrogens with zero attached hydrogens (tertiary/aromatic N) is 2. The second-order valence-corrected chi connectivity index (χ2v) is 8.09. The van der Waals surface area contributed by atoms with Crippen molar-refractivity contribution in [3.63, 3.8) is 0 Å². The molecule has 2 N–H and O–H groups in total. The zero-order valence-electron chi connectivity index (χ0n) is 16.6. The first-order valence-electron chi connectivity index (χ1n) is 9.95. The van der Waals surface area contributed by atoms with Crippen LogP contribution in [0.5, 0.6) is 5.75 Å². The first kappa shape index (κ1) is 22.5. The van der Waals surface area contributed by atoms with Gasteiger partial charge in [0.15, 0.2) is 0 Å². The summed E-state index contributed by atoms with van der Waals surface area (Å²) < 4.78 is 5.61. The number of benzene rings is 1. The second-order valence-electron chi connectivity index (χ2n) is 8.09. The normalized spacial score (nSPS) is 22.6. The monoisotopic (exact) mass is 409 g/mol. The Hall–Kier alpha value is -1.79. The summed E-state index contributed by atoms with van der Waals surface area (Å²) >= 11 is 0. The van der Waals surface area contributed by atoms with E-state index in [9.17, 15) is 9.59 Å². The van der Waals surface area contributed by atoms with Crippen LogP contribution in [-0.4, -0.2) is 60.9 Å². The van der Waals surface area contributed by atoms with E-state index in [0.29, 0.717) is 32.7 Å². The van der Waals surface area contributed by atoms with Gasteiger partial charge >= 0.3 is 0 Å². The average molecular weight is 410 g/mol. The number of carbonyl (C=O) groups is 2. The summed E-state index contributed by atoms with van der Waals surface area (Å²) in [4.78, 5) is 29.0.